The number of ether oxygens (including phenoxy) is 1. The molecule has 2 atom stereocenters. The van der Waals surface area contributed by atoms with E-state index in [0.29, 0.717) is 11.7 Å². The number of nitrogens with zero attached hydrogens (tertiary/aromatic N) is 5. The number of methoxy groups -OCH3 is 1. The molecule has 20 heavy (non-hydrogen) atoms. The number of aromatic nitrogens is 4. The molecule has 1 aliphatic rings. The molecule has 3 heterocycles. The minimum atomic E-state index is 0.259. The summed E-state index contributed by atoms with van der Waals surface area (Å²) in [6, 6.07) is 0. The van der Waals surface area contributed by atoms with Gasteiger partial charge in [-0.2, -0.15) is 14.6 Å². The van der Waals surface area contributed by atoms with Gasteiger partial charge in [0.05, 0.1) is 6.10 Å². The van der Waals surface area contributed by atoms with E-state index in [0.717, 1.165) is 36.6 Å². The summed E-state index contributed by atoms with van der Waals surface area (Å²) in [5.74, 6) is 2.35. The van der Waals surface area contributed by atoms with E-state index in [1.807, 2.05) is 11.4 Å². The number of aryl methyl sites for hydroxylation is 1. The molecule has 0 N–H and O–H groups in total. The maximum atomic E-state index is 5.62. The molecule has 108 valence electrons. The summed E-state index contributed by atoms with van der Waals surface area (Å²) in [5, 5.41) is 4.33. The molecule has 0 bridgehead atoms. The second-order valence-corrected chi connectivity index (χ2v) is 5.60. The quantitative estimate of drug-likeness (QED) is 0.833. The van der Waals surface area contributed by atoms with Crippen molar-refractivity contribution in [2.24, 2.45) is 5.92 Å². The van der Waals surface area contributed by atoms with Crippen molar-refractivity contribution in [1.29, 1.82) is 0 Å². The van der Waals surface area contributed by atoms with Crippen LogP contribution in [0.4, 0.5) is 5.82 Å². The van der Waals surface area contributed by atoms with Crippen LogP contribution in [0.3, 0.4) is 0 Å². The van der Waals surface area contributed by atoms with Crippen LogP contribution in [-0.4, -0.2) is 45.9 Å². The number of anilines is 1. The molecule has 1 saturated heterocycles. The van der Waals surface area contributed by atoms with Crippen LogP contribution < -0.4 is 4.90 Å². The van der Waals surface area contributed by atoms with Crippen LogP contribution in [-0.2, 0) is 4.74 Å². The van der Waals surface area contributed by atoms with E-state index >= 15 is 0 Å². The Morgan fingerprint density at radius 1 is 1.35 bits per heavy atom. The average molecular weight is 275 g/mol. The van der Waals surface area contributed by atoms with Crippen LogP contribution >= 0.6 is 0 Å². The molecule has 2 aromatic heterocycles. The predicted molar refractivity (Wildman–Crippen MR) is 77.0 cm³/mol. The molecule has 2 aromatic rings. The monoisotopic (exact) mass is 275 g/mol. The van der Waals surface area contributed by atoms with Gasteiger partial charge in [-0.15, -0.1) is 0 Å². The molecule has 6 heteroatoms. The highest BCUT2D eigenvalue weighted by molar-refractivity contribution is 5.54. The minimum absolute atomic E-state index is 0.259. The summed E-state index contributed by atoms with van der Waals surface area (Å²) in [6.07, 6.45) is 2.94. The Morgan fingerprint density at radius 2 is 2.15 bits per heavy atom. The third-order valence-corrected chi connectivity index (χ3v) is 4.37. The molecule has 0 aliphatic carbocycles. The van der Waals surface area contributed by atoms with E-state index in [-0.39, 0.29) is 6.10 Å². The fraction of sp³-hybridized carbons (Fsp3) is 0.643. The molecular weight excluding hydrogens is 254 g/mol. The molecule has 1 aliphatic heterocycles. The average Bonchev–Trinajstić information content (AvgIpc) is 2.89. The first-order valence-corrected chi connectivity index (χ1v) is 7.06. The van der Waals surface area contributed by atoms with Crippen molar-refractivity contribution >= 4 is 11.6 Å². The van der Waals surface area contributed by atoms with Crippen molar-refractivity contribution in [2.75, 3.05) is 25.1 Å². The van der Waals surface area contributed by atoms with E-state index in [2.05, 4.69) is 33.8 Å². The van der Waals surface area contributed by atoms with E-state index < -0.39 is 0 Å². The molecule has 0 saturated carbocycles. The number of fused-ring (bicyclic) bond motifs is 1. The van der Waals surface area contributed by atoms with Gasteiger partial charge in [0, 0.05) is 31.5 Å². The summed E-state index contributed by atoms with van der Waals surface area (Å²) in [6.45, 7) is 8.27. The number of hydrogen-bond acceptors (Lipinski definition) is 5. The first-order chi connectivity index (χ1) is 9.61. The second kappa shape index (κ2) is 5.01. The first-order valence-electron chi connectivity index (χ1n) is 7.06. The lowest BCUT2D eigenvalue weighted by Crippen LogP contribution is -2.45. The van der Waals surface area contributed by atoms with Gasteiger partial charge in [-0.05, 0) is 26.2 Å². The summed E-state index contributed by atoms with van der Waals surface area (Å²) >= 11 is 0. The molecule has 0 radical (unpaired) electrons. The Labute approximate surface area is 118 Å². The molecule has 1 fully saturated rings. The van der Waals surface area contributed by atoms with Crippen LogP contribution in [0, 0.1) is 19.8 Å². The Morgan fingerprint density at radius 3 is 2.90 bits per heavy atom. The maximum Gasteiger partial charge on any atom is 0.254 e. The van der Waals surface area contributed by atoms with Crippen molar-refractivity contribution in [3.8, 4) is 0 Å². The molecule has 2 unspecified atom stereocenters. The van der Waals surface area contributed by atoms with E-state index in [1.165, 1.54) is 0 Å². The molecule has 0 spiro atoms. The third-order valence-electron chi connectivity index (χ3n) is 4.37. The lowest BCUT2D eigenvalue weighted by Gasteiger charge is -2.38. The van der Waals surface area contributed by atoms with Crippen molar-refractivity contribution in [2.45, 2.75) is 33.3 Å². The summed E-state index contributed by atoms with van der Waals surface area (Å²) in [5.41, 5.74) is 2.17. The highest BCUT2D eigenvalue weighted by atomic mass is 16.5. The molecular formula is C14H21N5O. The SMILES string of the molecule is COC1CN(c2c(C)c(C)nc3ncnn23)CCC1C. The standard InChI is InChI=1S/C14H21N5O/c1-9-5-6-18(7-12(9)20-4)13-10(2)11(3)17-14-15-8-16-19(13)14/h8-9,12H,5-7H2,1-4H3. The highest BCUT2D eigenvalue weighted by Crippen LogP contribution is 2.28. The topological polar surface area (TPSA) is 55.5 Å². The fourth-order valence-electron chi connectivity index (χ4n) is 2.92. The number of hydrogen-bond donors (Lipinski definition) is 0. The van der Waals surface area contributed by atoms with Crippen molar-refractivity contribution in [1.82, 2.24) is 19.6 Å². The molecule has 0 aromatic carbocycles. The second-order valence-electron chi connectivity index (χ2n) is 5.60. The summed E-state index contributed by atoms with van der Waals surface area (Å²) in [4.78, 5) is 11.0. The molecule has 0 amide bonds. The van der Waals surface area contributed by atoms with Crippen LogP contribution in [0.15, 0.2) is 6.33 Å². The predicted octanol–water partition coefficient (Wildman–Crippen LogP) is 1.60. The van der Waals surface area contributed by atoms with Gasteiger partial charge in [0.15, 0.2) is 0 Å². The van der Waals surface area contributed by atoms with Crippen molar-refractivity contribution in [3.05, 3.63) is 17.6 Å². The largest absolute Gasteiger partial charge is 0.379 e. The van der Waals surface area contributed by atoms with Gasteiger partial charge in [0.1, 0.15) is 12.1 Å². The molecule has 6 nitrogen and oxygen atoms in total. The Bertz CT molecular complexity index is 623. The normalized spacial score (nSPS) is 23.5. The van der Waals surface area contributed by atoms with Crippen molar-refractivity contribution < 1.29 is 4.74 Å². The Hall–Kier alpha value is -1.69. The van der Waals surface area contributed by atoms with Crippen LogP contribution in [0.5, 0.6) is 0 Å². The third kappa shape index (κ3) is 2.04. The van der Waals surface area contributed by atoms with Crippen LogP contribution in [0.25, 0.3) is 5.78 Å². The van der Waals surface area contributed by atoms with Crippen LogP contribution in [0.1, 0.15) is 24.6 Å². The number of piperidine rings is 1. The van der Waals surface area contributed by atoms with Crippen molar-refractivity contribution in [3.63, 3.8) is 0 Å². The lowest BCUT2D eigenvalue weighted by molar-refractivity contribution is 0.0495. The van der Waals surface area contributed by atoms with Gasteiger partial charge in [-0.3, -0.25) is 0 Å². The van der Waals surface area contributed by atoms with Gasteiger partial charge in [0.2, 0.25) is 0 Å². The minimum Gasteiger partial charge on any atom is -0.379 e. The van der Waals surface area contributed by atoms with Gasteiger partial charge in [-0.1, -0.05) is 6.92 Å². The summed E-state index contributed by atoms with van der Waals surface area (Å²) in [7, 11) is 1.79. The van der Waals surface area contributed by atoms with E-state index in [4.69, 9.17) is 4.74 Å². The van der Waals surface area contributed by atoms with Gasteiger partial charge in [0.25, 0.3) is 5.78 Å². The van der Waals surface area contributed by atoms with Gasteiger partial charge in [-0.25, -0.2) is 4.98 Å². The van der Waals surface area contributed by atoms with E-state index in [1.54, 1.807) is 13.4 Å². The van der Waals surface area contributed by atoms with Crippen LogP contribution in [0.2, 0.25) is 0 Å². The first kappa shape index (κ1) is 13.3. The maximum absolute atomic E-state index is 5.62. The zero-order chi connectivity index (χ0) is 14.3. The lowest BCUT2D eigenvalue weighted by atomic mass is 9.95. The molecule has 3 rings (SSSR count). The van der Waals surface area contributed by atoms with E-state index in [9.17, 15) is 0 Å². The zero-order valence-electron chi connectivity index (χ0n) is 12.5. The zero-order valence-corrected chi connectivity index (χ0v) is 12.5. The van der Waals surface area contributed by atoms with Gasteiger partial charge >= 0.3 is 0 Å². The smallest absolute Gasteiger partial charge is 0.254 e. The van der Waals surface area contributed by atoms with Gasteiger partial charge < -0.3 is 9.64 Å². The fourth-order valence-corrected chi connectivity index (χ4v) is 2.92. The summed E-state index contributed by atoms with van der Waals surface area (Å²) < 4.78 is 7.45. The Kier molecular flexibility index (Phi) is 3.33. The highest BCUT2D eigenvalue weighted by Gasteiger charge is 2.29. The Balaban J connectivity index is 2.05. The number of rotatable bonds is 2.